The molecule has 1 aliphatic rings. The molecule has 1 heterocycles. The van der Waals surface area contributed by atoms with Crippen molar-refractivity contribution in [3.63, 3.8) is 0 Å². The van der Waals surface area contributed by atoms with E-state index < -0.39 is 12.3 Å². The Labute approximate surface area is 181 Å². The summed E-state index contributed by atoms with van der Waals surface area (Å²) in [6.07, 6.45) is -1.16. The molecule has 1 saturated heterocycles. The molecule has 1 aliphatic heterocycles. The minimum Gasteiger partial charge on any atom is -0.496 e. The predicted octanol–water partition coefficient (Wildman–Crippen LogP) is 4.94. The van der Waals surface area contributed by atoms with E-state index in [-0.39, 0.29) is 5.91 Å². The lowest BCUT2D eigenvalue weighted by Crippen LogP contribution is -2.30. The number of ether oxygens (including phenoxy) is 4. The molecule has 0 radical (unpaired) electrons. The summed E-state index contributed by atoms with van der Waals surface area (Å²) in [5.74, 6) is 2.65. The maximum atomic E-state index is 12.9. The third-order valence-electron chi connectivity index (χ3n) is 5.22. The van der Waals surface area contributed by atoms with Gasteiger partial charge in [-0.1, -0.05) is 36.4 Å². The molecule has 6 heteroatoms. The molecule has 2 atom stereocenters. The standard InChI is InChI=1S/C25H25NO5/c1-17-24(27)26(25(30-17)23-21(28-2)10-7-11-22(23)29-3)16-18-12-14-20(15-13-18)31-19-8-5-4-6-9-19/h4-15,17,25H,16H2,1-3H3. The van der Waals surface area contributed by atoms with Crippen LogP contribution in [-0.4, -0.2) is 31.1 Å². The first-order valence-electron chi connectivity index (χ1n) is 10.1. The molecule has 1 fully saturated rings. The van der Waals surface area contributed by atoms with Crippen LogP contribution >= 0.6 is 0 Å². The lowest BCUT2D eigenvalue weighted by molar-refractivity contribution is -0.130. The normalized spacial score (nSPS) is 18.2. The van der Waals surface area contributed by atoms with Gasteiger partial charge in [0.25, 0.3) is 5.91 Å². The highest BCUT2D eigenvalue weighted by molar-refractivity contribution is 5.83. The Kier molecular flexibility index (Phi) is 6.09. The van der Waals surface area contributed by atoms with Crippen molar-refractivity contribution in [3.8, 4) is 23.0 Å². The molecule has 1 amide bonds. The summed E-state index contributed by atoms with van der Waals surface area (Å²) in [5, 5.41) is 0. The van der Waals surface area contributed by atoms with Gasteiger partial charge in [-0.3, -0.25) is 4.79 Å². The number of carbonyl (C=O) groups is 1. The lowest BCUT2D eigenvalue weighted by Gasteiger charge is -2.26. The van der Waals surface area contributed by atoms with Gasteiger partial charge in [-0.15, -0.1) is 0 Å². The van der Waals surface area contributed by atoms with Gasteiger partial charge < -0.3 is 23.8 Å². The molecule has 0 aliphatic carbocycles. The fourth-order valence-corrected chi connectivity index (χ4v) is 3.67. The summed E-state index contributed by atoms with van der Waals surface area (Å²) >= 11 is 0. The smallest absolute Gasteiger partial charge is 0.254 e. The number of carbonyl (C=O) groups excluding carboxylic acids is 1. The van der Waals surface area contributed by atoms with Crippen LogP contribution in [0.4, 0.5) is 0 Å². The monoisotopic (exact) mass is 419 g/mol. The van der Waals surface area contributed by atoms with E-state index in [4.69, 9.17) is 18.9 Å². The van der Waals surface area contributed by atoms with Gasteiger partial charge in [0.2, 0.25) is 0 Å². The SMILES string of the molecule is COc1cccc(OC)c1C1OC(C)C(=O)N1Cc1ccc(Oc2ccccc2)cc1. The van der Waals surface area contributed by atoms with Crippen molar-refractivity contribution in [1.82, 2.24) is 4.90 Å². The number of para-hydroxylation sites is 1. The van der Waals surface area contributed by atoms with E-state index in [0.29, 0.717) is 23.6 Å². The van der Waals surface area contributed by atoms with E-state index in [1.807, 2.05) is 72.8 Å². The largest absolute Gasteiger partial charge is 0.496 e. The molecular weight excluding hydrogens is 394 g/mol. The van der Waals surface area contributed by atoms with Crippen LogP contribution in [0, 0.1) is 0 Å². The second kappa shape index (κ2) is 9.10. The molecule has 0 saturated carbocycles. The minimum atomic E-state index is -0.603. The van der Waals surface area contributed by atoms with Gasteiger partial charge in [0, 0.05) is 6.54 Å². The van der Waals surface area contributed by atoms with Crippen LogP contribution in [0.1, 0.15) is 24.3 Å². The first-order valence-corrected chi connectivity index (χ1v) is 10.1. The van der Waals surface area contributed by atoms with Gasteiger partial charge in [0.15, 0.2) is 6.23 Å². The highest BCUT2D eigenvalue weighted by atomic mass is 16.5. The second-order valence-corrected chi connectivity index (χ2v) is 7.23. The first-order chi connectivity index (χ1) is 15.1. The van der Waals surface area contributed by atoms with Crippen LogP contribution in [0.5, 0.6) is 23.0 Å². The average Bonchev–Trinajstić information content (AvgIpc) is 3.08. The van der Waals surface area contributed by atoms with Gasteiger partial charge >= 0.3 is 0 Å². The van der Waals surface area contributed by atoms with E-state index in [2.05, 4.69) is 0 Å². The topological polar surface area (TPSA) is 57.2 Å². The number of hydrogen-bond acceptors (Lipinski definition) is 5. The van der Waals surface area contributed by atoms with Crippen molar-refractivity contribution in [2.24, 2.45) is 0 Å². The summed E-state index contributed by atoms with van der Waals surface area (Å²) in [7, 11) is 3.18. The summed E-state index contributed by atoms with van der Waals surface area (Å²) in [6.45, 7) is 2.15. The van der Waals surface area contributed by atoms with Gasteiger partial charge in [0.1, 0.15) is 29.1 Å². The van der Waals surface area contributed by atoms with Crippen LogP contribution in [0.2, 0.25) is 0 Å². The maximum Gasteiger partial charge on any atom is 0.254 e. The summed E-state index contributed by atoms with van der Waals surface area (Å²) in [6, 6.07) is 22.8. The number of methoxy groups -OCH3 is 2. The number of amides is 1. The van der Waals surface area contributed by atoms with E-state index in [9.17, 15) is 4.79 Å². The minimum absolute atomic E-state index is 0.0810. The van der Waals surface area contributed by atoms with Crippen molar-refractivity contribution < 1.29 is 23.7 Å². The Hall–Kier alpha value is -3.51. The Bertz CT molecular complexity index is 1010. The van der Waals surface area contributed by atoms with Gasteiger partial charge in [-0.2, -0.15) is 0 Å². The summed E-state index contributed by atoms with van der Waals surface area (Å²) in [4.78, 5) is 14.6. The zero-order valence-corrected chi connectivity index (χ0v) is 17.8. The zero-order valence-electron chi connectivity index (χ0n) is 17.8. The highest BCUT2D eigenvalue weighted by Gasteiger charge is 2.41. The van der Waals surface area contributed by atoms with Crippen molar-refractivity contribution >= 4 is 5.91 Å². The molecule has 4 rings (SSSR count). The fourth-order valence-electron chi connectivity index (χ4n) is 3.67. The van der Waals surface area contributed by atoms with E-state index in [1.54, 1.807) is 26.0 Å². The van der Waals surface area contributed by atoms with Crippen LogP contribution < -0.4 is 14.2 Å². The third-order valence-corrected chi connectivity index (χ3v) is 5.22. The van der Waals surface area contributed by atoms with Crippen LogP contribution in [0.25, 0.3) is 0 Å². The highest BCUT2D eigenvalue weighted by Crippen LogP contribution is 2.42. The molecule has 3 aromatic rings. The molecule has 6 nitrogen and oxygen atoms in total. The number of benzene rings is 3. The Morgan fingerprint density at radius 3 is 2.06 bits per heavy atom. The van der Waals surface area contributed by atoms with Crippen molar-refractivity contribution in [2.75, 3.05) is 14.2 Å². The number of hydrogen-bond donors (Lipinski definition) is 0. The van der Waals surface area contributed by atoms with Gasteiger partial charge in [0.05, 0.1) is 19.8 Å². The van der Waals surface area contributed by atoms with Gasteiger partial charge in [-0.05, 0) is 48.9 Å². The predicted molar refractivity (Wildman–Crippen MR) is 116 cm³/mol. The molecule has 0 aromatic heterocycles. The average molecular weight is 419 g/mol. The third kappa shape index (κ3) is 4.34. The number of rotatable bonds is 7. The molecular formula is C25H25NO5. The van der Waals surface area contributed by atoms with E-state index in [1.165, 1.54) is 0 Å². The van der Waals surface area contributed by atoms with Crippen LogP contribution in [-0.2, 0) is 16.1 Å². The second-order valence-electron chi connectivity index (χ2n) is 7.23. The Morgan fingerprint density at radius 1 is 0.839 bits per heavy atom. The maximum absolute atomic E-state index is 12.9. The lowest BCUT2D eigenvalue weighted by atomic mass is 10.1. The van der Waals surface area contributed by atoms with E-state index >= 15 is 0 Å². The number of nitrogens with zero attached hydrogens (tertiary/aromatic N) is 1. The Morgan fingerprint density at radius 2 is 1.45 bits per heavy atom. The van der Waals surface area contributed by atoms with E-state index in [0.717, 1.165) is 17.1 Å². The fraction of sp³-hybridized carbons (Fsp3) is 0.240. The summed E-state index contributed by atoms with van der Waals surface area (Å²) < 4.78 is 22.9. The van der Waals surface area contributed by atoms with Crippen LogP contribution in [0.15, 0.2) is 72.8 Å². The Balaban J connectivity index is 1.57. The quantitative estimate of drug-likeness (QED) is 0.543. The molecule has 2 unspecified atom stereocenters. The molecule has 160 valence electrons. The molecule has 31 heavy (non-hydrogen) atoms. The molecule has 0 bridgehead atoms. The van der Waals surface area contributed by atoms with Crippen molar-refractivity contribution in [2.45, 2.75) is 25.8 Å². The zero-order chi connectivity index (χ0) is 21.8. The van der Waals surface area contributed by atoms with Crippen molar-refractivity contribution in [1.29, 1.82) is 0 Å². The van der Waals surface area contributed by atoms with Gasteiger partial charge in [-0.25, -0.2) is 0 Å². The van der Waals surface area contributed by atoms with Crippen LogP contribution in [0.3, 0.4) is 0 Å². The van der Waals surface area contributed by atoms with Crippen molar-refractivity contribution in [3.05, 3.63) is 83.9 Å². The summed E-state index contributed by atoms with van der Waals surface area (Å²) in [5.41, 5.74) is 1.67. The molecule has 0 N–H and O–H groups in total. The molecule has 3 aromatic carbocycles. The first kappa shape index (κ1) is 20.8. The molecule has 0 spiro atoms.